The number of hydrogen-bond donors (Lipinski definition) is 1. The van der Waals surface area contributed by atoms with E-state index in [1.807, 2.05) is 30.8 Å². The SMILES string of the molecule is Cc1cc(Sc2ccc(F)cc2CNC(C)(C)C)n(C)n1. The van der Waals surface area contributed by atoms with Crippen molar-refractivity contribution in [3.63, 3.8) is 0 Å². The van der Waals surface area contributed by atoms with Crippen molar-refractivity contribution < 1.29 is 4.39 Å². The first-order valence-electron chi connectivity index (χ1n) is 6.96. The summed E-state index contributed by atoms with van der Waals surface area (Å²) in [7, 11) is 1.92. The molecular formula is C16H22FN3S. The summed E-state index contributed by atoms with van der Waals surface area (Å²) in [6, 6.07) is 6.98. The van der Waals surface area contributed by atoms with Crippen LogP contribution in [-0.2, 0) is 13.6 Å². The first kappa shape index (κ1) is 16.0. The van der Waals surface area contributed by atoms with Crippen LogP contribution in [0.25, 0.3) is 0 Å². The summed E-state index contributed by atoms with van der Waals surface area (Å²) in [5.74, 6) is -0.203. The molecule has 3 nitrogen and oxygen atoms in total. The minimum atomic E-state index is -0.203. The van der Waals surface area contributed by atoms with Crippen LogP contribution in [0.3, 0.4) is 0 Å². The van der Waals surface area contributed by atoms with Gasteiger partial charge in [0.05, 0.1) is 10.7 Å². The molecule has 0 fully saturated rings. The second kappa shape index (κ2) is 6.20. The molecule has 0 aliphatic rings. The Morgan fingerprint density at radius 3 is 2.57 bits per heavy atom. The highest BCUT2D eigenvalue weighted by Gasteiger charge is 2.13. The number of halogens is 1. The van der Waals surface area contributed by atoms with Gasteiger partial charge < -0.3 is 5.32 Å². The molecule has 1 aromatic carbocycles. The standard InChI is InChI=1S/C16H22FN3S/c1-11-8-15(20(5)19-11)21-14-7-6-13(17)9-12(14)10-18-16(2,3)4/h6-9,18H,10H2,1-5H3. The molecule has 0 saturated heterocycles. The molecular weight excluding hydrogens is 285 g/mol. The largest absolute Gasteiger partial charge is 0.308 e. The quantitative estimate of drug-likeness (QED) is 0.929. The van der Waals surface area contributed by atoms with Crippen LogP contribution >= 0.6 is 11.8 Å². The molecule has 0 amide bonds. The van der Waals surface area contributed by atoms with Gasteiger partial charge in [-0.05, 0) is 57.5 Å². The van der Waals surface area contributed by atoms with Gasteiger partial charge in [0, 0.05) is 24.0 Å². The van der Waals surface area contributed by atoms with E-state index in [9.17, 15) is 4.39 Å². The third-order valence-corrected chi connectivity index (χ3v) is 4.21. The fraction of sp³-hybridized carbons (Fsp3) is 0.438. The number of benzene rings is 1. The summed E-state index contributed by atoms with van der Waals surface area (Å²) < 4.78 is 15.4. The highest BCUT2D eigenvalue weighted by Crippen LogP contribution is 2.31. The summed E-state index contributed by atoms with van der Waals surface area (Å²) in [4.78, 5) is 1.05. The highest BCUT2D eigenvalue weighted by molar-refractivity contribution is 7.99. The van der Waals surface area contributed by atoms with Crippen LogP contribution in [0.1, 0.15) is 32.0 Å². The minimum absolute atomic E-state index is 0.00261. The minimum Gasteiger partial charge on any atom is -0.308 e. The van der Waals surface area contributed by atoms with Gasteiger partial charge in [0.2, 0.25) is 0 Å². The monoisotopic (exact) mass is 307 g/mol. The molecule has 0 saturated carbocycles. The summed E-state index contributed by atoms with van der Waals surface area (Å²) in [6.07, 6.45) is 0. The third kappa shape index (κ3) is 4.58. The van der Waals surface area contributed by atoms with Gasteiger partial charge in [-0.2, -0.15) is 5.10 Å². The van der Waals surface area contributed by atoms with E-state index in [0.29, 0.717) is 6.54 Å². The second-order valence-electron chi connectivity index (χ2n) is 6.21. The zero-order valence-corrected chi connectivity index (χ0v) is 14.0. The number of nitrogens with zero attached hydrogens (tertiary/aromatic N) is 2. The number of rotatable bonds is 4. The van der Waals surface area contributed by atoms with Crippen molar-refractivity contribution in [3.05, 3.63) is 41.3 Å². The van der Waals surface area contributed by atoms with Crippen LogP contribution in [0.5, 0.6) is 0 Å². The van der Waals surface area contributed by atoms with Crippen LogP contribution in [0.2, 0.25) is 0 Å². The van der Waals surface area contributed by atoms with Crippen molar-refractivity contribution >= 4 is 11.8 Å². The molecule has 0 atom stereocenters. The number of nitrogens with one attached hydrogen (secondary N) is 1. The fourth-order valence-corrected chi connectivity index (χ4v) is 2.97. The van der Waals surface area contributed by atoms with E-state index in [4.69, 9.17) is 0 Å². The second-order valence-corrected chi connectivity index (χ2v) is 7.27. The number of aryl methyl sites for hydroxylation is 2. The molecule has 1 aromatic heterocycles. The van der Waals surface area contributed by atoms with E-state index in [1.165, 1.54) is 6.07 Å². The van der Waals surface area contributed by atoms with E-state index in [1.54, 1.807) is 17.8 Å². The molecule has 2 aromatic rings. The van der Waals surface area contributed by atoms with Crippen LogP contribution in [-0.4, -0.2) is 15.3 Å². The van der Waals surface area contributed by atoms with Crippen molar-refractivity contribution in [2.75, 3.05) is 0 Å². The molecule has 0 radical (unpaired) electrons. The third-order valence-electron chi connectivity index (χ3n) is 3.01. The van der Waals surface area contributed by atoms with Gasteiger partial charge in [-0.25, -0.2) is 4.39 Å². The number of aromatic nitrogens is 2. The van der Waals surface area contributed by atoms with Gasteiger partial charge in [-0.1, -0.05) is 11.8 Å². The van der Waals surface area contributed by atoms with Gasteiger partial charge >= 0.3 is 0 Å². The van der Waals surface area contributed by atoms with E-state index in [2.05, 4.69) is 31.2 Å². The number of hydrogen-bond acceptors (Lipinski definition) is 3. The molecule has 0 aliphatic carbocycles. The van der Waals surface area contributed by atoms with Crippen LogP contribution in [0, 0.1) is 12.7 Å². The van der Waals surface area contributed by atoms with Crippen molar-refractivity contribution in [1.29, 1.82) is 0 Å². The Bertz CT molecular complexity index is 629. The summed E-state index contributed by atoms with van der Waals surface area (Å²) in [6.45, 7) is 8.91. The molecule has 114 valence electrons. The molecule has 21 heavy (non-hydrogen) atoms. The maximum atomic E-state index is 13.5. The van der Waals surface area contributed by atoms with Gasteiger partial charge in [-0.15, -0.1) is 0 Å². The Morgan fingerprint density at radius 2 is 2.00 bits per heavy atom. The van der Waals surface area contributed by atoms with Crippen molar-refractivity contribution in [3.8, 4) is 0 Å². The smallest absolute Gasteiger partial charge is 0.123 e. The molecule has 0 bridgehead atoms. The van der Waals surface area contributed by atoms with E-state index < -0.39 is 0 Å². The van der Waals surface area contributed by atoms with Crippen LogP contribution in [0.15, 0.2) is 34.2 Å². The van der Waals surface area contributed by atoms with Crippen LogP contribution < -0.4 is 5.32 Å². The molecule has 0 unspecified atom stereocenters. The molecule has 1 heterocycles. The van der Waals surface area contributed by atoms with Crippen LogP contribution in [0.4, 0.5) is 4.39 Å². The predicted molar refractivity (Wildman–Crippen MR) is 85.1 cm³/mol. The maximum absolute atomic E-state index is 13.5. The van der Waals surface area contributed by atoms with Crippen molar-refractivity contribution in [2.24, 2.45) is 7.05 Å². The summed E-state index contributed by atoms with van der Waals surface area (Å²) in [5.41, 5.74) is 1.95. The summed E-state index contributed by atoms with van der Waals surface area (Å²) >= 11 is 1.61. The van der Waals surface area contributed by atoms with Gasteiger partial charge in [-0.3, -0.25) is 4.68 Å². The topological polar surface area (TPSA) is 29.9 Å². The summed E-state index contributed by atoms with van der Waals surface area (Å²) in [5, 5.41) is 8.81. The Hall–Kier alpha value is -1.33. The zero-order valence-electron chi connectivity index (χ0n) is 13.2. The normalized spacial score (nSPS) is 11.9. The van der Waals surface area contributed by atoms with Gasteiger partial charge in [0.1, 0.15) is 5.82 Å². The van der Waals surface area contributed by atoms with E-state index in [-0.39, 0.29) is 11.4 Å². The lowest BCUT2D eigenvalue weighted by atomic mass is 10.1. The Morgan fingerprint density at radius 1 is 1.29 bits per heavy atom. The lowest BCUT2D eigenvalue weighted by molar-refractivity contribution is 0.422. The highest BCUT2D eigenvalue weighted by atomic mass is 32.2. The molecule has 5 heteroatoms. The van der Waals surface area contributed by atoms with Crippen molar-refractivity contribution in [2.45, 2.75) is 49.7 Å². The van der Waals surface area contributed by atoms with Gasteiger partial charge in [0.25, 0.3) is 0 Å². The lowest BCUT2D eigenvalue weighted by Gasteiger charge is -2.21. The average Bonchev–Trinajstić information content (AvgIpc) is 2.67. The molecule has 1 N–H and O–H groups in total. The predicted octanol–water partition coefficient (Wildman–Crippen LogP) is 3.91. The Kier molecular flexibility index (Phi) is 4.74. The molecule has 0 spiro atoms. The zero-order chi connectivity index (χ0) is 15.6. The van der Waals surface area contributed by atoms with Crippen molar-refractivity contribution in [1.82, 2.24) is 15.1 Å². The lowest BCUT2D eigenvalue weighted by Crippen LogP contribution is -2.35. The van der Waals surface area contributed by atoms with Gasteiger partial charge in [0.15, 0.2) is 0 Å². The molecule has 2 rings (SSSR count). The fourth-order valence-electron chi connectivity index (χ4n) is 1.94. The Labute approximate surface area is 129 Å². The maximum Gasteiger partial charge on any atom is 0.123 e. The van der Waals surface area contributed by atoms with E-state index >= 15 is 0 Å². The first-order chi connectivity index (χ1) is 9.74. The average molecular weight is 307 g/mol. The van der Waals surface area contributed by atoms with E-state index in [0.717, 1.165) is 21.2 Å². The molecule has 0 aliphatic heterocycles. The Balaban J connectivity index is 2.24. The first-order valence-corrected chi connectivity index (χ1v) is 7.78.